The molecule has 2 rings (SSSR count). The van der Waals surface area contributed by atoms with E-state index in [1.165, 1.54) is 12.1 Å². The quantitative estimate of drug-likeness (QED) is 0.874. The van der Waals surface area contributed by atoms with E-state index >= 15 is 0 Å². The third-order valence-corrected chi connectivity index (χ3v) is 2.03. The summed E-state index contributed by atoms with van der Waals surface area (Å²) >= 11 is 0. The Kier molecular flexibility index (Phi) is 4.34. The van der Waals surface area contributed by atoms with Gasteiger partial charge in [0.15, 0.2) is 0 Å². The van der Waals surface area contributed by atoms with Crippen LogP contribution in [-0.4, -0.2) is 9.97 Å². The minimum atomic E-state index is -0.258. The molecular formula is C11H11ClFN3. The monoisotopic (exact) mass is 239 g/mol. The highest BCUT2D eigenvalue weighted by atomic mass is 35.5. The topological polar surface area (TPSA) is 51.8 Å². The highest BCUT2D eigenvalue weighted by Crippen LogP contribution is 2.16. The predicted molar refractivity (Wildman–Crippen MR) is 62.6 cm³/mol. The Hall–Kier alpha value is -1.52. The summed E-state index contributed by atoms with van der Waals surface area (Å²) in [5.41, 5.74) is 7.05. The summed E-state index contributed by atoms with van der Waals surface area (Å²) in [6, 6.07) is 7.93. The molecule has 0 atom stereocenters. The van der Waals surface area contributed by atoms with Gasteiger partial charge in [0.25, 0.3) is 0 Å². The lowest BCUT2D eigenvalue weighted by Gasteiger charge is -2.01. The van der Waals surface area contributed by atoms with Gasteiger partial charge < -0.3 is 5.73 Å². The van der Waals surface area contributed by atoms with Crippen LogP contribution in [0.25, 0.3) is 11.3 Å². The molecule has 0 unspecified atom stereocenters. The first-order valence-corrected chi connectivity index (χ1v) is 4.57. The van der Waals surface area contributed by atoms with Crippen molar-refractivity contribution in [1.29, 1.82) is 0 Å². The van der Waals surface area contributed by atoms with Gasteiger partial charge in [-0.2, -0.15) is 0 Å². The fraction of sp³-hybridized carbons (Fsp3) is 0.0909. The summed E-state index contributed by atoms with van der Waals surface area (Å²) < 4.78 is 12.7. The number of aromatic nitrogens is 2. The van der Waals surface area contributed by atoms with Gasteiger partial charge in [-0.15, -0.1) is 12.4 Å². The molecule has 16 heavy (non-hydrogen) atoms. The van der Waals surface area contributed by atoms with Gasteiger partial charge in [0.1, 0.15) is 11.6 Å². The van der Waals surface area contributed by atoms with Gasteiger partial charge in [-0.1, -0.05) is 0 Å². The zero-order valence-corrected chi connectivity index (χ0v) is 9.25. The van der Waals surface area contributed by atoms with Crippen molar-refractivity contribution in [2.24, 2.45) is 5.73 Å². The summed E-state index contributed by atoms with van der Waals surface area (Å²) in [6.07, 6.45) is 1.65. The standard InChI is InChI=1S/C11H10FN3.ClH/c12-9-3-1-8(2-4-9)10-5-6-14-11(7-13)15-10;/h1-6H,7,13H2;1H. The van der Waals surface area contributed by atoms with Gasteiger partial charge in [-0.05, 0) is 30.3 Å². The largest absolute Gasteiger partial charge is 0.324 e. The highest BCUT2D eigenvalue weighted by Gasteiger charge is 2.00. The summed E-state index contributed by atoms with van der Waals surface area (Å²) in [4.78, 5) is 8.22. The minimum absolute atomic E-state index is 0. The second kappa shape index (κ2) is 5.53. The lowest BCUT2D eigenvalue weighted by Crippen LogP contribution is -2.02. The second-order valence-corrected chi connectivity index (χ2v) is 3.07. The molecule has 0 bridgehead atoms. The molecule has 0 saturated heterocycles. The van der Waals surface area contributed by atoms with Gasteiger partial charge in [-0.3, -0.25) is 0 Å². The van der Waals surface area contributed by atoms with Gasteiger partial charge in [0.05, 0.1) is 12.2 Å². The molecule has 0 spiro atoms. The molecule has 0 aliphatic heterocycles. The lowest BCUT2D eigenvalue weighted by molar-refractivity contribution is 0.628. The van der Waals surface area contributed by atoms with Crippen LogP contribution in [0.5, 0.6) is 0 Å². The van der Waals surface area contributed by atoms with Crippen LogP contribution in [0.3, 0.4) is 0 Å². The minimum Gasteiger partial charge on any atom is -0.324 e. The number of halogens is 2. The molecule has 0 saturated carbocycles. The Morgan fingerprint density at radius 3 is 2.44 bits per heavy atom. The van der Waals surface area contributed by atoms with Crippen LogP contribution in [-0.2, 0) is 6.54 Å². The van der Waals surface area contributed by atoms with E-state index in [1.54, 1.807) is 24.4 Å². The molecule has 1 aromatic carbocycles. The van der Waals surface area contributed by atoms with Crippen molar-refractivity contribution in [3.8, 4) is 11.3 Å². The zero-order valence-electron chi connectivity index (χ0n) is 8.43. The molecular weight excluding hydrogens is 229 g/mol. The first kappa shape index (κ1) is 12.5. The maximum Gasteiger partial charge on any atom is 0.142 e. The van der Waals surface area contributed by atoms with Crippen LogP contribution in [0, 0.1) is 5.82 Å². The van der Waals surface area contributed by atoms with Gasteiger partial charge in [-0.25, -0.2) is 14.4 Å². The number of hydrogen-bond donors (Lipinski definition) is 1. The molecule has 2 N–H and O–H groups in total. The molecule has 3 nitrogen and oxygen atoms in total. The van der Waals surface area contributed by atoms with E-state index < -0.39 is 0 Å². The van der Waals surface area contributed by atoms with Crippen molar-refractivity contribution in [2.75, 3.05) is 0 Å². The maximum absolute atomic E-state index is 12.7. The second-order valence-electron chi connectivity index (χ2n) is 3.07. The first-order chi connectivity index (χ1) is 7.29. The van der Waals surface area contributed by atoms with Gasteiger partial charge >= 0.3 is 0 Å². The van der Waals surface area contributed by atoms with Gasteiger partial charge in [0.2, 0.25) is 0 Å². The van der Waals surface area contributed by atoms with Crippen LogP contribution < -0.4 is 5.73 Å². The van der Waals surface area contributed by atoms with Crippen LogP contribution >= 0.6 is 12.4 Å². The highest BCUT2D eigenvalue weighted by molar-refractivity contribution is 5.85. The Bertz CT molecular complexity index is 459. The normalized spacial score (nSPS) is 9.62. The summed E-state index contributed by atoms with van der Waals surface area (Å²) in [5.74, 6) is 0.323. The third kappa shape index (κ3) is 2.74. The lowest BCUT2D eigenvalue weighted by atomic mass is 10.1. The van der Waals surface area contributed by atoms with E-state index in [0.29, 0.717) is 12.4 Å². The number of benzene rings is 1. The Morgan fingerprint density at radius 2 is 1.81 bits per heavy atom. The summed E-state index contributed by atoms with van der Waals surface area (Å²) in [5, 5.41) is 0. The molecule has 0 radical (unpaired) electrons. The predicted octanol–water partition coefficient (Wildman–Crippen LogP) is 2.16. The molecule has 5 heteroatoms. The van der Waals surface area contributed by atoms with Crippen molar-refractivity contribution >= 4 is 12.4 Å². The van der Waals surface area contributed by atoms with Crippen LogP contribution in [0.15, 0.2) is 36.5 Å². The van der Waals surface area contributed by atoms with E-state index in [4.69, 9.17) is 5.73 Å². The molecule has 0 aliphatic carbocycles. The van der Waals surface area contributed by atoms with E-state index in [2.05, 4.69) is 9.97 Å². The average Bonchev–Trinajstić information content (AvgIpc) is 2.30. The number of nitrogens with two attached hydrogens (primary N) is 1. The molecule has 84 valence electrons. The summed E-state index contributed by atoms with van der Waals surface area (Å²) in [6.45, 7) is 0.301. The number of hydrogen-bond acceptors (Lipinski definition) is 3. The van der Waals surface area contributed by atoms with Crippen molar-refractivity contribution < 1.29 is 4.39 Å². The molecule has 0 aliphatic rings. The van der Waals surface area contributed by atoms with E-state index in [1.807, 2.05) is 0 Å². The SMILES string of the molecule is Cl.NCc1nccc(-c2ccc(F)cc2)n1. The van der Waals surface area contributed by atoms with E-state index in [-0.39, 0.29) is 18.2 Å². The third-order valence-electron chi connectivity index (χ3n) is 2.03. The smallest absolute Gasteiger partial charge is 0.142 e. The van der Waals surface area contributed by atoms with E-state index in [9.17, 15) is 4.39 Å². The van der Waals surface area contributed by atoms with Gasteiger partial charge in [0, 0.05) is 11.8 Å². The Labute approximate surface area is 99.0 Å². The number of nitrogens with zero attached hydrogens (tertiary/aromatic N) is 2. The first-order valence-electron chi connectivity index (χ1n) is 4.57. The fourth-order valence-corrected chi connectivity index (χ4v) is 1.28. The average molecular weight is 240 g/mol. The molecule has 1 heterocycles. The Morgan fingerprint density at radius 1 is 1.12 bits per heavy atom. The van der Waals surface area contributed by atoms with E-state index in [0.717, 1.165) is 11.3 Å². The van der Waals surface area contributed by atoms with Crippen LogP contribution in [0.2, 0.25) is 0 Å². The molecule has 0 fully saturated rings. The molecule has 0 amide bonds. The maximum atomic E-state index is 12.7. The van der Waals surface area contributed by atoms with Crippen LogP contribution in [0.1, 0.15) is 5.82 Å². The number of rotatable bonds is 2. The van der Waals surface area contributed by atoms with Crippen LogP contribution in [0.4, 0.5) is 4.39 Å². The van der Waals surface area contributed by atoms with Crippen molar-refractivity contribution in [3.05, 3.63) is 48.2 Å². The summed E-state index contributed by atoms with van der Waals surface area (Å²) in [7, 11) is 0. The fourth-order valence-electron chi connectivity index (χ4n) is 1.28. The van der Waals surface area contributed by atoms with Crippen molar-refractivity contribution in [1.82, 2.24) is 9.97 Å². The molecule has 1 aromatic heterocycles. The van der Waals surface area contributed by atoms with Crippen molar-refractivity contribution in [2.45, 2.75) is 6.54 Å². The zero-order chi connectivity index (χ0) is 10.7. The van der Waals surface area contributed by atoms with Crippen molar-refractivity contribution in [3.63, 3.8) is 0 Å². The Balaban J connectivity index is 0.00000128. The molecule has 2 aromatic rings.